The molecular weight excluding hydrogens is 715 g/mol. The van der Waals surface area contributed by atoms with Gasteiger partial charge in [-0.2, -0.15) is 9.78 Å². The molecule has 0 radical (unpaired) electrons. The number of carbonyl (C=O) groups excluding carboxylic acids is 1. The van der Waals surface area contributed by atoms with E-state index in [2.05, 4.69) is 65.1 Å². The van der Waals surface area contributed by atoms with E-state index in [-0.39, 0.29) is 12.2 Å². The van der Waals surface area contributed by atoms with Crippen molar-refractivity contribution in [2.75, 3.05) is 19.0 Å². The molecule has 0 aliphatic heterocycles. The van der Waals surface area contributed by atoms with Gasteiger partial charge in [-0.15, -0.1) is 0 Å². The molecule has 8 nitrogen and oxygen atoms in total. The average Bonchev–Trinajstić information content (AvgIpc) is 2.94. The number of aromatic nitrogens is 2. The van der Waals surface area contributed by atoms with Crippen molar-refractivity contribution < 1.29 is 18.7 Å². The normalized spacial score (nSPS) is 11.2. The quantitative estimate of drug-likeness (QED) is 0.176. The summed E-state index contributed by atoms with van der Waals surface area (Å²) < 4.78 is 27.5. The molecular formula is C28H24Br3FN4O4. The highest BCUT2D eigenvalue weighted by molar-refractivity contribution is 9.13. The molecule has 3 aromatic carbocycles. The Kier molecular flexibility index (Phi) is 10.1. The smallest absolute Gasteiger partial charge is 0.282 e. The molecule has 4 rings (SSSR count). The summed E-state index contributed by atoms with van der Waals surface area (Å²) in [5.74, 6) is 0.358. The van der Waals surface area contributed by atoms with Gasteiger partial charge in [0, 0.05) is 26.6 Å². The molecule has 0 unspecified atom stereocenters. The van der Waals surface area contributed by atoms with Crippen LogP contribution in [0.5, 0.6) is 11.5 Å². The standard InChI is InChI=1S/C28H24Br3FN4O4/c1-3-4-5-23-35-21-11-6-17(29)13-20(21)28(38)36(23)33-14-16-12-22(39-2)27(26(31)25(16)30)40-15-24(37)34-19-9-7-18(32)8-10-19/h6-14H,3-5,15H2,1-2H3,(H,34,37). The lowest BCUT2D eigenvalue weighted by atomic mass is 10.2. The lowest BCUT2D eigenvalue weighted by Crippen LogP contribution is -2.22. The van der Waals surface area contributed by atoms with Gasteiger partial charge in [-0.1, -0.05) is 29.3 Å². The number of benzene rings is 3. The number of fused-ring (bicyclic) bond motifs is 1. The van der Waals surface area contributed by atoms with Crippen molar-refractivity contribution in [3.8, 4) is 11.5 Å². The summed E-state index contributed by atoms with van der Waals surface area (Å²) in [5, 5.41) is 7.60. The van der Waals surface area contributed by atoms with Crippen LogP contribution in [0.4, 0.5) is 10.1 Å². The number of nitrogens with zero attached hydrogens (tertiary/aromatic N) is 3. The molecule has 1 N–H and O–H groups in total. The fourth-order valence-corrected chi connectivity index (χ4v) is 5.08. The van der Waals surface area contributed by atoms with E-state index in [1.165, 1.54) is 42.3 Å². The van der Waals surface area contributed by atoms with Gasteiger partial charge in [-0.05, 0) is 86.8 Å². The second kappa shape index (κ2) is 13.5. The first-order valence-corrected chi connectivity index (χ1v) is 14.6. The highest BCUT2D eigenvalue weighted by Gasteiger charge is 2.18. The van der Waals surface area contributed by atoms with Gasteiger partial charge in [0.05, 0.1) is 28.7 Å². The molecule has 0 saturated heterocycles. The van der Waals surface area contributed by atoms with Crippen LogP contribution in [-0.2, 0) is 11.2 Å². The van der Waals surface area contributed by atoms with Gasteiger partial charge in [0.1, 0.15) is 11.6 Å². The predicted molar refractivity (Wildman–Crippen MR) is 164 cm³/mol. The monoisotopic (exact) mass is 736 g/mol. The first-order valence-electron chi connectivity index (χ1n) is 12.2. The fourth-order valence-electron chi connectivity index (χ4n) is 3.78. The number of anilines is 1. The molecule has 0 aliphatic carbocycles. The van der Waals surface area contributed by atoms with Crippen molar-refractivity contribution in [3.05, 3.63) is 89.5 Å². The third kappa shape index (κ3) is 6.97. The van der Waals surface area contributed by atoms with E-state index in [9.17, 15) is 14.0 Å². The lowest BCUT2D eigenvalue weighted by molar-refractivity contribution is -0.118. The Labute approximate surface area is 255 Å². The molecule has 4 aromatic rings. The number of rotatable bonds is 10. The molecule has 0 spiro atoms. The van der Waals surface area contributed by atoms with Crippen LogP contribution in [0.25, 0.3) is 10.9 Å². The molecule has 208 valence electrons. The molecule has 0 aliphatic rings. The third-order valence-corrected chi connectivity index (χ3v) is 8.43. The Morgan fingerprint density at radius 2 is 1.88 bits per heavy atom. The number of amides is 1. The van der Waals surface area contributed by atoms with Crippen molar-refractivity contribution in [1.82, 2.24) is 9.66 Å². The maximum atomic E-state index is 13.4. The molecule has 1 aromatic heterocycles. The minimum Gasteiger partial charge on any atom is -0.493 e. The molecule has 12 heteroatoms. The van der Waals surface area contributed by atoms with E-state index in [1.807, 2.05) is 12.1 Å². The number of aryl methyl sites for hydroxylation is 1. The number of hydrogen-bond donors (Lipinski definition) is 1. The Hall–Kier alpha value is -3.09. The number of nitrogens with one attached hydrogen (secondary N) is 1. The number of halogens is 4. The fraction of sp³-hybridized carbons (Fsp3) is 0.214. The minimum atomic E-state index is -0.434. The number of methoxy groups -OCH3 is 1. The highest BCUT2D eigenvalue weighted by atomic mass is 79.9. The predicted octanol–water partition coefficient (Wildman–Crippen LogP) is 7.07. The van der Waals surface area contributed by atoms with E-state index in [0.717, 1.165) is 17.3 Å². The Balaban J connectivity index is 1.62. The maximum absolute atomic E-state index is 13.4. The largest absolute Gasteiger partial charge is 0.493 e. The van der Waals surface area contributed by atoms with Crippen LogP contribution in [0.3, 0.4) is 0 Å². The van der Waals surface area contributed by atoms with Crippen LogP contribution in [0.2, 0.25) is 0 Å². The van der Waals surface area contributed by atoms with Crippen LogP contribution < -0.4 is 20.3 Å². The van der Waals surface area contributed by atoms with E-state index in [1.54, 1.807) is 12.1 Å². The number of unbranched alkanes of at least 4 members (excludes halogenated alkanes) is 1. The van der Waals surface area contributed by atoms with Gasteiger partial charge in [0.25, 0.3) is 11.5 Å². The zero-order valence-electron chi connectivity index (χ0n) is 21.5. The summed E-state index contributed by atoms with van der Waals surface area (Å²) >= 11 is 10.5. The van der Waals surface area contributed by atoms with Gasteiger partial charge in [0.15, 0.2) is 18.1 Å². The van der Waals surface area contributed by atoms with Gasteiger partial charge in [0.2, 0.25) is 0 Å². The molecule has 0 fully saturated rings. The number of ether oxygens (including phenoxy) is 2. The van der Waals surface area contributed by atoms with Crippen molar-refractivity contribution >= 4 is 76.5 Å². The Morgan fingerprint density at radius 3 is 2.58 bits per heavy atom. The van der Waals surface area contributed by atoms with Crippen molar-refractivity contribution in [2.45, 2.75) is 26.2 Å². The summed E-state index contributed by atoms with van der Waals surface area (Å²) in [6.45, 7) is 1.75. The molecule has 0 bridgehead atoms. The van der Waals surface area contributed by atoms with Crippen molar-refractivity contribution in [3.63, 3.8) is 0 Å². The van der Waals surface area contributed by atoms with Crippen LogP contribution in [0, 0.1) is 5.82 Å². The van der Waals surface area contributed by atoms with E-state index >= 15 is 0 Å². The van der Waals surface area contributed by atoms with E-state index < -0.39 is 11.7 Å². The maximum Gasteiger partial charge on any atom is 0.282 e. The first-order chi connectivity index (χ1) is 19.2. The zero-order valence-corrected chi connectivity index (χ0v) is 26.3. The summed E-state index contributed by atoms with van der Waals surface area (Å²) in [4.78, 5) is 30.5. The lowest BCUT2D eigenvalue weighted by Gasteiger charge is -2.15. The molecule has 0 saturated carbocycles. The molecule has 0 atom stereocenters. The van der Waals surface area contributed by atoms with Gasteiger partial charge in [-0.25, -0.2) is 9.37 Å². The average molecular weight is 739 g/mol. The minimum absolute atomic E-state index is 0.275. The Morgan fingerprint density at radius 1 is 1.12 bits per heavy atom. The highest BCUT2D eigenvalue weighted by Crippen LogP contribution is 2.42. The Bertz CT molecular complexity index is 1640. The second-order valence-electron chi connectivity index (χ2n) is 8.62. The zero-order chi connectivity index (χ0) is 28.8. The van der Waals surface area contributed by atoms with Gasteiger partial charge in [-0.3, -0.25) is 9.59 Å². The summed E-state index contributed by atoms with van der Waals surface area (Å²) in [5.41, 5.74) is 1.37. The number of carbonyl (C=O) groups is 1. The van der Waals surface area contributed by atoms with Crippen LogP contribution in [0.1, 0.15) is 31.2 Å². The van der Waals surface area contributed by atoms with Crippen molar-refractivity contribution in [2.24, 2.45) is 5.10 Å². The van der Waals surface area contributed by atoms with Gasteiger partial charge >= 0.3 is 0 Å². The molecule has 40 heavy (non-hydrogen) atoms. The van der Waals surface area contributed by atoms with E-state index in [4.69, 9.17) is 14.5 Å². The molecule has 1 amide bonds. The SMILES string of the molecule is CCCCc1nc2ccc(Br)cc2c(=O)n1N=Cc1cc(OC)c(OCC(=O)Nc2ccc(F)cc2)c(Br)c1Br. The van der Waals surface area contributed by atoms with Crippen LogP contribution in [-0.4, -0.2) is 35.5 Å². The molecule has 1 heterocycles. The van der Waals surface area contributed by atoms with E-state index in [0.29, 0.717) is 54.8 Å². The summed E-state index contributed by atoms with van der Waals surface area (Å²) in [6.07, 6.45) is 3.92. The number of hydrogen-bond acceptors (Lipinski definition) is 6. The summed E-state index contributed by atoms with van der Waals surface area (Å²) in [6, 6.07) is 12.5. The van der Waals surface area contributed by atoms with Crippen LogP contribution >= 0.6 is 47.8 Å². The van der Waals surface area contributed by atoms with Crippen LogP contribution in [0.15, 0.2) is 71.8 Å². The topological polar surface area (TPSA) is 94.8 Å². The first kappa shape index (κ1) is 29.9. The third-order valence-electron chi connectivity index (χ3n) is 5.79. The summed E-state index contributed by atoms with van der Waals surface area (Å²) in [7, 11) is 1.47. The van der Waals surface area contributed by atoms with Gasteiger partial charge < -0.3 is 14.8 Å². The van der Waals surface area contributed by atoms with Crippen molar-refractivity contribution in [1.29, 1.82) is 0 Å². The second-order valence-corrected chi connectivity index (χ2v) is 11.1.